The Morgan fingerprint density at radius 2 is 1.48 bits per heavy atom. The predicted octanol–water partition coefficient (Wildman–Crippen LogP) is -2.07. The lowest BCUT2D eigenvalue weighted by Crippen LogP contribution is -2.59. The monoisotopic (exact) mass is 360 g/mol. The Labute approximate surface area is 146 Å². The number of hydrogen-bond donors (Lipinski definition) is 6. The first-order valence-electron chi connectivity index (χ1n) is 8.05. The summed E-state index contributed by atoms with van der Waals surface area (Å²) < 4.78 is 0. The average Bonchev–Trinajstić information content (AvgIpc) is 2.53. The molecule has 0 aliphatic heterocycles. The van der Waals surface area contributed by atoms with Crippen LogP contribution in [0.4, 0.5) is 0 Å². The second-order valence-corrected chi connectivity index (χ2v) is 6.00. The van der Waals surface area contributed by atoms with Crippen molar-refractivity contribution in [2.45, 2.75) is 58.3 Å². The van der Waals surface area contributed by atoms with Gasteiger partial charge < -0.3 is 31.9 Å². The van der Waals surface area contributed by atoms with Gasteiger partial charge in [0, 0.05) is 0 Å². The topological polar surface area (TPSA) is 171 Å². The zero-order valence-electron chi connectivity index (χ0n) is 14.9. The molecule has 0 saturated carbocycles. The molecule has 0 fully saturated rings. The third kappa shape index (κ3) is 7.94. The van der Waals surface area contributed by atoms with Crippen LogP contribution in [0.1, 0.15) is 34.1 Å². The van der Waals surface area contributed by atoms with Gasteiger partial charge in [0.1, 0.15) is 18.6 Å². The molecule has 10 heteroatoms. The van der Waals surface area contributed by atoms with Crippen LogP contribution in [0.3, 0.4) is 0 Å². The van der Waals surface area contributed by atoms with E-state index in [9.17, 15) is 24.3 Å². The van der Waals surface area contributed by atoms with Gasteiger partial charge in [-0.2, -0.15) is 0 Å². The van der Waals surface area contributed by atoms with Crippen LogP contribution in [0.15, 0.2) is 0 Å². The summed E-state index contributed by atoms with van der Waals surface area (Å²) in [5, 5.41) is 25.3. The number of nitrogens with two attached hydrogens (primary N) is 1. The van der Waals surface area contributed by atoms with E-state index in [1.54, 1.807) is 6.92 Å². The lowest BCUT2D eigenvalue weighted by atomic mass is 9.97. The van der Waals surface area contributed by atoms with Crippen LogP contribution in [0.2, 0.25) is 0 Å². The SMILES string of the molecule is CCC(C)C(NC(=O)C(C)N)C(=O)NC(C(=O)NCC(=O)O)C(C)O. The van der Waals surface area contributed by atoms with Gasteiger partial charge in [0.25, 0.3) is 0 Å². The van der Waals surface area contributed by atoms with E-state index in [-0.39, 0.29) is 5.92 Å². The number of aliphatic hydroxyl groups is 1. The fourth-order valence-corrected chi connectivity index (χ4v) is 1.91. The molecule has 0 spiro atoms. The molecule has 0 saturated heterocycles. The molecular formula is C15H28N4O6. The van der Waals surface area contributed by atoms with Crippen LogP contribution in [0.25, 0.3) is 0 Å². The first kappa shape index (κ1) is 22.8. The van der Waals surface area contributed by atoms with E-state index >= 15 is 0 Å². The van der Waals surface area contributed by atoms with Crippen molar-refractivity contribution < 1.29 is 29.4 Å². The Morgan fingerprint density at radius 1 is 0.960 bits per heavy atom. The van der Waals surface area contributed by atoms with Gasteiger partial charge in [-0.05, 0) is 19.8 Å². The fourth-order valence-electron chi connectivity index (χ4n) is 1.91. The van der Waals surface area contributed by atoms with Gasteiger partial charge >= 0.3 is 5.97 Å². The predicted molar refractivity (Wildman–Crippen MR) is 89.3 cm³/mol. The van der Waals surface area contributed by atoms with E-state index in [4.69, 9.17) is 10.8 Å². The summed E-state index contributed by atoms with van der Waals surface area (Å²) >= 11 is 0. The maximum Gasteiger partial charge on any atom is 0.322 e. The summed E-state index contributed by atoms with van der Waals surface area (Å²) in [6.07, 6.45) is -0.693. The highest BCUT2D eigenvalue weighted by Gasteiger charge is 2.32. The first-order chi connectivity index (χ1) is 11.5. The van der Waals surface area contributed by atoms with E-state index in [0.717, 1.165) is 0 Å². The third-order valence-corrected chi connectivity index (χ3v) is 3.68. The molecule has 0 heterocycles. The van der Waals surface area contributed by atoms with Crippen molar-refractivity contribution in [3.63, 3.8) is 0 Å². The van der Waals surface area contributed by atoms with Gasteiger partial charge in [-0.3, -0.25) is 19.2 Å². The molecule has 7 N–H and O–H groups in total. The normalized spacial score (nSPS) is 16.7. The van der Waals surface area contributed by atoms with Gasteiger partial charge in [0.15, 0.2) is 0 Å². The molecule has 25 heavy (non-hydrogen) atoms. The number of amides is 3. The minimum Gasteiger partial charge on any atom is -0.480 e. The molecule has 0 rings (SSSR count). The van der Waals surface area contributed by atoms with Crippen LogP contribution in [0.5, 0.6) is 0 Å². The molecule has 0 aliphatic carbocycles. The average molecular weight is 360 g/mol. The number of carbonyl (C=O) groups is 4. The molecule has 0 radical (unpaired) electrons. The first-order valence-corrected chi connectivity index (χ1v) is 8.05. The summed E-state index contributed by atoms with van der Waals surface area (Å²) in [6.45, 7) is 5.68. The van der Waals surface area contributed by atoms with Gasteiger partial charge in [0.2, 0.25) is 17.7 Å². The number of aliphatic hydroxyl groups excluding tert-OH is 1. The van der Waals surface area contributed by atoms with E-state index in [1.165, 1.54) is 13.8 Å². The molecule has 0 bridgehead atoms. The van der Waals surface area contributed by atoms with Crippen molar-refractivity contribution in [3.8, 4) is 0 Å². The number of carbonyl (C=O) groups excluding carboxylic acids is 3. The van der Waals surface area contributed by atoms with Crippen LogP contribution >= 0.6 is 0 Å². The maximum atomic E-state index is 12.5. The van der Waals surface area contributed by atoms with Crippen LogP contribution < -0.4 is 21.7 Å². The van der Waals surface area contributed by atoms with E-state index in [0.29, 0.717) is 6.42 Å². The summed E-state index contributed by atoms with van der Waals surface area (Å²) in [5.41, 5.74) is 5.49. The Hall–Kier alpha value is -2.20. The van der Waals surface area contributed by atoms with Crippen molar-refractivity contribution >= 4 is 23.7 Å². The molecule has 5 atom stereocenters. The summed E-state index contributed by atoms with van der Waals surface area (Å²) in [4.78, 5) is 46.8. The summed E-state index contributed by atoms with van der Waals surface area (Å²) in [5.74, 6) is -3.54. The molecule has 144 valence electrons. The molecule has 0 aromatic heterocycles. The Bertz CT molecular complexity index is 494. The second kappa shape index (κ2) is 10.6. The maximum absolute atomic E-state index is 12.5. The number of carboxylic acids is 1. The van der Waals surface area contributed by atoms with Crippen molar-refractivity contribution in [2.24, 2.45) is 11.7 Å². The van der Waals surface area contributed by atoms with E-state index in [2.05, 4.69) is 16.0 Å². The molecule has 5 unspecified atom stereocenters. The number of rotatable bonds is 10. The third-order valence-electron chi connectivity index (χ3n) is 3.68. The molecular weight excluding hydrogens is 332 g/mol. The lowest BCUT2D eigenvalue weighted by molar-refractivity contribution is -0.139. The Balaban J connectivity index is 5.15. The minimum atomic E-state index is -1.36. The zero-order valence-corrected chi connectivity index (χ0v) is 14.9. The van der Waals surface area contributed by atoms with Crippen molar-refractivity contribution in [3.05, 3.63) is 0 Å². The Kier molecular flexibility index (Phi) is 9.69. The second-order valence-electron chi connectivity index (χ2n) is 6.00. The van der Waals surface area contributed by atoms with Crippen molar-refractivity contribution in [1.82, 2.24) is 16.0 Å². The number of carboxylic acid groups (broad SMARTS) is 1. The van der Waals surface area contributed by atoms with E-state index < -0.39 is 54.5 Å². The van der Waals surface area contributed by atoms with Crippen molar-refractivity contribution in [1.29, 1.82) is 0 Å². The zero-order chi connectivity index (χ0) is 19.7. The standard InChI is InChI=1S/C15H28N4O6/c1-5-7(2)11(18-13(23)8(3)16)15(25)19-12(9(4)20)14(24)17-6-10(21)22/h7-9,11-12,20H,5-6,16H2,1-4H3,(H,17,24)(H,18,23)(H,19,25)(H,21,22). The molecule has 3 amide bonds. The minimum absolute atomic E-state index is 0.251. The van der Waals surface area contributed by atoms with Crippen LogP contribution in [0, 0.1) is 5.92 Å². The Morgan fingerprint density at radius 3 is 1.88 bits per heavy atom. The van der Waals surface area contributed by atoms with Crippen LogP contribution in [-0.2, 0) is 19.2 Å². The number of aliphatic carboxylic acids is 1. The highest BCUT2D eigenvalue weighted by Crippen LogP contribution is 2.09. The molecule has 0 aromatic rings. The van der Waals surface area contributed by atoms with Gasteiger partial charge in [0.05, 0.1) is 12.1 Å². The van der Waals surface area contributed by atoms with Gasteiger partial charge in [-0.25, -0.2) is 0 Å². The summed E-state index contributed by atoms with van der Waals surface area (Å²) in [7, 11) is 0. The molecule has 0 aliphatic rings. The number of nitrogens with one attached hydrogen (secondary N) is 3. The quantitative estimate of drug-likeness (QED) is 0.260. The highest BCUT2D eigenvalue weighted by atomic mass is 16.4. The summed E-state index contributed by atoms with van der Waals surface area (Å²) in [6, 6.07) is -3.12. The van der Waals surface area contributed by atoms with Crippen LogP contribution in [-0.4, -0.2) is 64.7 Å². The highest BCUT2D eigenvalue weighted by molar-refractivity contribution is 5.94. The molecule has 10 nitrogen and oxygen atoms in total. The lowest BCUT2D eigenvalue weighted by Gasteiger charge is -2.27. The fraction of sp³-hybridized carbons (Fsp3) is 0.733. The van der Waals surface area contributed by atoms with Crippen molar-refractivity contribution in [2.75, 3.05) is 6.54 Å². The van der Waals surface area contributed by atoms with E-state index in [1.807, 2.05) is 6.92 Å². The smallest absolute Gasteiger partial charge is 0.322 e. The molecule has 0 aromatic carbocycles. The van der Waals surface area contributed by atoms with Gasteiger partial charge in [-0.1, -0.05) is 20.3 Å². The number of hydrogen-bond acceptors (Lipinski definition) is 6. The van der Waals surface area contributed by atoms with Gasteiger partial charge in [-0.15, -0.1) is 0 Å². The largest absolute Gasteiger partial charge is 0.480 e.